The maximum absolute atomic E-state index is 12.0. The molecule has 0 aromatic rings. The molecule has 2 aliphatic rings. The molecule has 0 aromatic heterocycles. The van der Waals surface area contributed by atoms with Gasteiger partial charge in [0.2, 0.25) is 11.8 Å². The first kappa shape index (κ1) is 12.2. The highest BCUT2D eigenvalue weighted by Crippen LogP contribution is 2.48. The van der Waals surface area contributed by atoms with Crippen LogP contribution in [0.3, 0.4) is 0 Å². The summed E-state index contributed by atoms with van der Waals surface area (Å²) in [6.45, 7) is 1.79. The Hall–Kier alpha value is -1.24. The van der Waals surface area contributed by atoms with Crippen LogP contribution < -0.4 is 5.32 Å². The zero-order valence-corrected chi connectivity index (χ0v) is 10.5. The molecule has 1 N–H and O–H groups in total. The van der Waals surface area contributed by atoms with Crippen molar-refractivity contribution in [2.75, 3.05) is 12.8 Å². The predicted molar refractivity (Wildman–Crippen MR) is 60.4 cm³/mol. The average Bonchev–Trinajstić information content (AvgIpc) is 3.03. The Balaban J connectivity index is 2.16. The summed E-state index contributed by atoms with van der Waals surface area (Å²) in [5.74, 6) is -0.933. The third kappa shape index (κ3) is 1.88. The van der Waals surface area contributed by atoms with Crippen molar-refractivity contribution < 1.29 is 18.6 Å². The number of hydrogen-bond acceptors (Lipinski definition) is 4. The smallest absolute Gasteiger partial charge is 0.277 e. The van der Waals surface area contributed by atoms with Crippen LogP contribution in [0.15, 0.2) is 0 Å². The molecule has 1 aliphatic heterocycles. The van der Waals surface area contributed by atoms with E-state index in [1.165, 1.54) is 6.26 Å². The van der Waals surface area contributed by atoms with Crippen molar-refractivity contribution in [3.8, 4) is 0 Å². The van der Waals surface area contributed by atoms with Crippen molar-refractivity contribution in [2.45, 2.75) is 25.0 Å². The number of imide groups is 2. The first-order valence-electron chi connectivity index (χ1n) is 5.38. The van der Waals surface area contributed by atoms with Gasteiger partial charge in [0.1, 0.15) is 5.41 Å². The largest absolute Gasteiger partial charge is 0.330 e. The van der Waals surface area contributed by atoms with Crippen LogP contribution >= 0.6 is 0 Å². The van der Waals surface area contributed by atoms with Gasteiger partial charge < -0.3 is 0 Å². The van der Waals surface area contributed by atoms with E-state index in [1.807, 2.05) is 0 Å². The van der Waals surface area contributed by atoms with Gasteiger partial charge in [-0.3, -0.25) is 24.0 Å². The quantitative estimate of drug-likeness (QED) is 0.699. The number of nitrogens with zero attached hydrogens (tertiary/aromatic N) is 1. The highest BCUT2D eigenvalue weighted by Gasteiger charge is 2.62. The standard InChI is InChI=1S/C10H14N2O4S/c1-6(17(2)16)5-12-8(14)10(3-4-10)7(13)11-9(12)15/h6H,3-5H2,1-2H3,(H,11,13,15). The van der Waals surface area contributed by atoms with E-state index in [-0.39, 0.29) is 11.8 Å². The Morgan fingerprint density at radius 3 is 2.47 bits per heavy atom. The number of amides is 4. The Morgan fingerprint density at radius 1 is 1.41 bits per heavy atom. The molecular weight excluding hydrogens is 244 g/mol. The molecule has 1 saturated carbocycles. The van der Waals surface area contributed by atoms with E-state index in [0.29, 0.717) is 12.8 Å². The summed E-state index contributed by atoms with van der Waals surface area (Å²) in [7, 11) is -1.11. The molecule has 0 aromatic carbocycles. The van der Waals surface area contributed by atoms with Crippen molar-refractivity contribution in [1.82, 2.24) is 10.2 Å². The summed E-state index contributed by atoms with van der Waals surface area (Å²) in [5, 5.41) is 1.89. The second kappa shape index (κ2) is 3.90. The van der Waals surface area contributed by atoms with Crippen molar-refractivity contribution in [2.24, 2.45) is 5.41 Å². The number of urea groups is 1. The van der Waals surface area contributed by atoms with Gasteiger partial charge in [0.15, 0.2) is 0 Å². The lowest BCUT2D eigenvalue weighted by atomic mass is 10.0. The van der Waals surface area contributed by atoms with E-state index in [1.54, 1.807) is 6.92 Å². The van der Waals surface area contributed by atoms with Gasteiger partial charge in [0.05, 0.1) is 0 Å². The van der Waals surface area contributed by atoms with Crippen molar-refractivity contribution in [1.29, 1.82) is 0 Å². The highest BCUT2D eigenvalue weighted by molar-refractivity contribution is 7.84. The zero-order valence-electron chi connectivity index (χ0n) is 9.69. The summed E-state index contributed by atoms with van der Waals surface area (Å²) in [5.41, 5.74) is -1.01. The summed E-state index contributed by atoms with van der Waals surface area (Å²) in [6, 6.07) is -0.699. The monoisotopic (exact) mass is 258 g/mol. The molecule has 17 heavy (non-hydrogen) atoms. The Morgan fingerprint density at radius 2 is 2.00 bits per heavy atom. The van der Waals surface area contributed by atoms with E-state index in [2.05, 4.69) is 5.32 Å². The van der Waals surface area contributed by atoms with E-state index in [9.17, 15) is 18.6 Å². The lowest BCUT2D eigenvalue weighted by Gasteiger charge is -2.31. The molecule has 2 atom stereocenters. The Kier molecular flexibility index (Phi) is 2.81. The fourth-order valence-corrected chi connectivity index (χ4v) is 2.18. The second-order valence-electron chi connectivity index (χ2n) is 4.57. The third-order valence-electron chi connectivity index (χ3n) is 3.31. The third-order valence-corrected chi connectivity index (χ3v) is 4.59. The fraction of sp³-hybridized carbons (Fsp3) is 0.700. The molecule has 4 amide bonds. The van der Waals surface area contributed by atoms with Crippen LogP contribution in [0.2, 0.25) is 0 Å². The molecule has 0 radical (unpaired) electrons. The van der Waals surface area contributed by atoms with Gasteiger partial charge in [-0.15, -0.1) is 0 Å². The van der Waals surface area contributed by atoms with Crippen LogP contribution in [0.5, 0.6) is 0 Å². The van der Waals surface area contributed by atoms with Crippen LogP contribution in [0.4, 0.5) is 4.79 Å². The van der Waals surface area contributed by atoms with Crippen molar-refractivity contribution >= 4 is 28.6 Å². The first-order valence-corrected chi connectivity index (χ1v) is 7.00. The Labute approximate surface area is 101 Å². The van der Waals surface area contributed by atoms with Gasteiger partial charge in [-0.1, -0.05) is 0 Å². The molecule has 2 rings (SSSR count). The maximum Gasteiger partial charge on any atom is 0.330 e. The highest BCUT2D eigenvalue weighted by atomic mass is 32.2. The topological polar surface area (TPSA) is 83.6 Å². The van der Waals surface area contributed by atoms with Crippen molar-refractivity contribution in [3.63, 3.8) is 0 Å². The minimum absolute atomic E-state index is 0.0861. The van der Waals surface area contributed by atoms with Gasteiger partial charge in [-0.2, -0.15) is 0 Å². The summed E-state index contributed by atoms with van der Waals surface area (Å²) >= 11 is 0. The molecule has 6 nitrogen and oxygen atoms in total. The molecule has 1 saturated heterocycles. The van der Waals surface area contributed by atoms with Crippen LogP contribution in [0, 0.1) is 5.41 Å². The predicted octanol–water partition coefficient (Wildman–Crippen LogP) is -0.388. The molecule has 1 heterocycles. The Bertz CT molecular complexity index is 430. The molecule has 1 spiro atoms. The average molecular weight is 258 g/mol. The lowest BCUT2D eigenvalue weighted by Crippen LogP contribution is -2.60. The van der Waals surface area contributed by atoms with Gasteiger partial charge in [-0.05, 0) is 19.8 Å². The lowest BCUT2D eigenvalue weighted by molar-refractivity contribution is -0.144. The number of nitrogens with one attached hydrogen (secondary N) is 1. The van der Waals surface area contributed by atoms with E-state index in [0.717, 1.165) is 4.90 Å². The molecule has 2 unspecified atom stereocenters. The molecule has 0 bridgehead atoms. The number of carbonyl (C=O) groups is 3. The molecular formula is C10H14N2O4S. The van der Waals surface area contributed by atoms with Crippen LogP contribution in [0.25, 0.3) is 0 Å². The van der Waals surface area contributed by atoms with Crippen LogP contribution in [-0.4, -0.2) is 45.0 Å². The molecule has 1 aliphatic carbocycles. The van der Waals surface area contributed by atoms with Gasteiger partial charge in [-0.25, -0.2) is 4.79 Å². The second-order valence-corrected chi connectivity index (χ2v) is 6.37. The SMILES string of the molecule is CC(CN1C(=O)NC(=O)C2(CC2)C1=O)S(C)=O. The number of barbiturate groups is 1. The summed E-state index contributed by atoms with van der Waals surface area (Å²) < 4.78 is 11.2. The normalized spacial score (nSPS) is 25.8. The maximum atomic E-state index is 12.0. The number of hydrogen-bond donors (Lipinski definition) is 1. The molecule has 94 valence electrons. The molecule has 7 heteroatoms. The van der Waals surface area contributed by atoms with E-state index >= 15 is 0 Å². The summed E-state index contributed by atoms with van der Waals surface area (Å²) in [4.78, 5) is 36.1. The van der Waals surface area contributed by atoms with E-state index in [4.69, 9.17) is 0 Å². The zero-order chi connectivity index (χ0) is 12.8. The van der Waals surface area contributed by atoms with Crippen molar-refractivity contribution in [3.05, 3.63) is 0 Å². The van der Waals surface area contributed by atoms with E-state index < -0.39 is 34.1 Å². The molecule has 2 fully saturated rings. The van der Waals surface area contributed by atoms with Gasteiger partial charge >= 0.3 is 6.03 Å². The van der Waals surface area contributed by atoms with Crippen LogP contribution in [-0.2, 0) is 20.4 Å². The van der Waals surface area contributed by atoms with Gasteiger partial charge in [0.25, 0.3) is 0 Å². The summed E-state index contributed by atoms with van der Waals surface area (Å²) in [6.07, 6.45) is 2.51. The number of rotatable bonds is 3. The first-order chi connectivity index (χ1) is 7.88. The fourth-order valence-electron chi connectivity index (χ4n) is 1.83. The number of carbonyl (C=O) groups excluding carboxylic acids is 3. The van der Waals surface area contributed by atoms with Gasteiger partial charge in [0, 0.05) is 28.9 Å². The minimum atomic E-state index is -1.11. The minimum Gasteiger partial charge on any atom is -0.277 e. The van der Waals surface area contributed by atoms with Crippen LogP contribution in [0.1, 0.15) is 19.8 Å².